The molecule has 8 heteroatoms. The molecular weight excluding hydrogens is 640 g/mol. The Bertz CT molecular complexity index is 2060. The fraction of sp³-hybridized carbons (Fsp3) is 0.179. The summed E-state index contributed by atoms with van der Waals surface area (Å²) in [4.78, 5) is 6.58. The molecule has 4 aromatic carbocycles. The first-order valence-electron chi connectivity index (χ1n) is 15.8. The summed E-state index contributed by atoms with van der Waals surface area (Å²) in [6.07, 6.45) is 0. The van der Waals surface area contributed by atoms with E-state index in [1.807, 2.05) is 72.8 Å². The number of benzene rings is 4. The van der Waals surface area contributed by atoms with Gasteiger partial charge in [-0.1, -0.05) is 60.7 Å². The second-order valence-electron chi connectivity index (χ2n) is 11.5. The molecule has 7 rings (SSSR count). The van der Waals surface area contributed by atoms with Gasteiger partial charge in [0.15, 0.2) is 7.14 Å². The number of nitrogen functional groups attached to an aromatic ring is 1. The monoisotopic (exact) mass is 676 g/mol. The summed E-state index contributed by atoms with van der Waals surface area (Å²) in [5.74, 6) is 1.24. The van der Waals surface area contributed by atoms with Crippen molar-refractivity contribution in [2.45, 2.75) is 19.8 Å². The van der Waals surface area contributed by atoms with E-state index in [2.05, 4.69) is 55.1 Å². The van der Waals surface area contributed by atoms with Gasteiger partial charge < -0.3 is 24.7 Å². The van der Waals surface area contributed by atoms with E-state index in [9.17, 15) is 0 Å². The lowest BCUT2D eigenvalue weighted by Crippen LogP contribution is -2.33. The molecule has 2 unspecified atom stereocenters. The fourth-order valence-corrected chi connectivity index (χ4v) is 13.2. The largest absolute Gasteiger partial charge is 0.496 e. The summed E-state index contributed by atoms with van der Waals surface area (Å²) >= 11 is 3.40. The number of ether oxygens (including phenoxy) is 2. The van der Waals surface area contributed by atoms with E-state index >= 15 is 4.57 Å². The Morgan fingerprint density at radius 2 is 1.21 bits per heavy atom. The highest BCUT2D eigenvalue weighted by Crippen LogP contribution is 2.59. The second kappa shape index (κ2) is 12.7. The van der Waals surface area contributed by atoms with Crippen LogP contribution in [0.15, 0.2) is 109 Å². The number of rotatable bonds is 9. The van der Waals surface area contributed by atoms with Crippen LogP contribution in [-0.4, -0.2) is 27.3 Å². The Morgan fingerprint density at radius 3 is 1.70 bits per heavy atom. The first-order valence-corrected chi connectivity index (χ1v) is 19.1. The first kappa shape index (κ1) is 31.3. The van der Waals surface area contributed by atoms with Gasteiger partial charge in [-0.2, -0.15) is 0 Å². The van der Waals surface area contributed by atoms with Crippen LogP contribution in [0.5, 0.6) is 11.5 Å². The third-order valence-electron chi connectivity index (χ3n) is 9.03. The van der Waals surface area contributed by atoms with Gasteiger partial charge in [0, 0.05) is 65.4 Å². The fourth-order valence-electron chi connectivity index (χ4n) is 6.65. The first-order chi connectivity index (χ1) is 22.9. The Kier molecular flexibility index (Phi) is 8.48. The quantitative estimate of drug-likeness (QED) is 0.122. The lowest BCUT2D eigenvalue weighted by Gasteiger charge is -2.31. The summed E-state index contributed by atoms with van der Waals surface area (Å²) < 4.78 is 28.1. The van der Waals surface area contributed by atoms with Gasteiger partial charge in [0.05, 0.1) is 20.1 Å². The summed E-state index contributed by atoms with van der Waals surface area (Å²) in [5.41, 5.74) is 11.1. The Balaban J connectivity index is 1.51. The van der Waals surface area contributed by atoms with Crippen LogP contribution in [0.25, 0.3) is 20.9 Å². The van der Waals surface area contributed by atoms with Crippen LogP contribution in [0.3, 0.4) is 0 Å². The number of nitrogens with zero attached hydrogens (tertiary/aromatic N) is 1. The molecule has 1 aliphatic heterocycles. The predicted octanol–water partition coefficient (Wildman–Crippen LogP) is 8.72. The summed E-state index contributed by atoms with van der Waals surface area (Å²) in [6, 6.07) is 36.9. The van der Waals surface area contributed by atoms with Crippen LogP contribution >= 0.6 is 29.8 Å². The summed E-state index contributed by atoms with van der Waals surface area (Å²) in [7, 11) is 0.107. The Morgan fingerprint density at radius 1 is 0.702 bits per heavy atom. The molecular formula is C39H37N2O3PS2. The number of nitrogens with two attached hydrogens (primary N) is 1. The number of anilines is 2. The highest BCUT2D eigenvalue weighted by molar-refractivity contribution is 7.86. The predicted molar refractivity (Wildman–Crippen MR) is 201 cm³/mol. The van der Waals surface area contributed by atoms with Crippen molar-refractivity contribution < 1.29 is 14.0 Å². The SMILES string of the molecule is CCN(CC)c1ccc(-c2cc3c(s2)C(c2c(OC)cccc2OC)c2sc(-c4ccc(N)cc4)cc2P3(=O)c2ccccc2)cc1. The van der Waals surface area contributed by atoms with E-state index < -0.39 is 7.14 Å². The van der Waals surface area contributed by atoms with Crippen LogP contribution in [-0.2, 0) is 4.57 Å². The van der Waals surface area contributed by atoms with Crippen molar-refractivity contribution in [3.05, 3.63) is 125 Å². The van der Waals surface area contributed by atoms with Crippen LogP contribution < -0.4 is 36.0 Å². The van der Waals surface area contributed by atoms with E-state index in [1.54, 1.807) is 36.9 Å². The van der Waals surface area contributed by atoms with Gasteiger partial charge in [-0.15, -0.1) is 22.7 Å². The van der Waals surface area contributed by atoms with Crippen molar-refractivity contribution in [3.63, 3.8) is 0 Å². The molecule has 0 saturated carbocycles. The highest BCUT2D eigenvalue weighted by Gasteiger charge is 2.46. The smallest absolute Gasteiger partial charge is 0.173 e. The van der Waals surface area contributed by atoms with E-state index in [0.29, 0.717) is 5.69 Å². The number of fused-ring (bicyclic) bond motifs is 2. The number of hydrogen-bond donors (Lipinski definition) is 1. The molecule has 0 radical (unpaired) electrons. The molecule has 2 N–H and O–H groups in total. The molecule has 2 aromatic heterocycles. The van der Waals surface area contributed by atoms with Crippen molar-refractivity contribution in [2.75, 3.05) is 37.9 Å². The van der Waals surface area contributed by atoms with Gasteiger partial charge >= 0.3 is 0 Å². The van der Waals surface area contributed by atoms with E-state index in [0.717, 1.165) is 76.7 Å². The summed E-state index contributed by atoms with van der Waals surface area (Å²) in [6.45, 7) is 6.25. The molecule has 0 fully saturated rings. The number of thiophene rings is 2. The molecule has 0 amide bonds. The molecule has 2 atom stereocenters. The van der Waals surface area contributed by atoms with Gasteiger partial charge in [0.2, 0.25) is 0 Å². The molecule has 3 heterocycles. The van der Waals surface area contributed by atoms with E-state index in [-0.39, 0.29) is 5.92 Å². The number of hydrogen-bond acceptors (Lipinski definition) is 7. The van der Waals surface area contributed by atoms with Crippen molar-refractivity contribution in [1.29, 1.82) is 0 Å². The molecule has 6 aromatic rings. The maximum absolute atomic E-state index is 16.1. The third-order valence-corrected chi connectivity index (χ3v) is 15.0. The minimum Gasteiger partial charge on any atom is -0.496 e. The molecule has 47 heavy (non-hydrogen) atoms. The lowest BCUT2D eigenvalue weighted by molar-refractivity contribution is 0.385. The molecule has 0 aliphatic carbocycles. The van der Waals surface area contributed by atoms with Crippen molar-refractivity contribution >= 4 is 57.1 Å². The average molecular weight is 677 g/mol. The molecule has 0 spiro atoms. The standard InChI is InChI=1S/C39H37N2O3PS2/c1-5-41(6-2)28-21-17-26(18-22-28)35-24-33-39(47-35)37(36-30(43-3)13-10-14-31(36)44-4)38-32(45(33,42)29-11-8-7-9-12-29)23-34(46-38)25-15-19-27(40)20-16-25/h7-24,37H,5-6,40H2,1-4H3. The maximum Gasteiger partial charge on any atom is 0.173 e. The van der Waals surface area contributed by atoms with Gasteiger partial charge in [-0.25, -0.2) is 0 Å². The maximum atomic E-state index is 16.1. The Labute approximate surface area is 284 Å². The van der Waals surface area contributed by atoms with Crippen LogP contribution in [0.4, 0.5) is 11.4 Å². The third kappa shape index (κ3) is 5.27. The minimum atomic E-state index is -3.29. The topological polar surface area (TPSA) is 64.8 Å². The van der Waals surface area contributed by atoms with Gasteiger partial charge in [-0.05, 0) is 73.5 Å². The van der Waals surface area contributed by atoms with Crippen LogP contribution in [0.1, 0.15) is 35.1 Å². The van der Waals surface area contributed by atoms with Crippen molar-refractivity contribution in [3.8, 4) is 32.4 Å². The molecule has 0 bridgehead atoms. The zero-order chi connectivity index (χ0) is 32.7. The van der Waals surface area contributed by atoms with Gasteiger partial charge in [0.1, 0.15) is 11.5 Å². The van der Waals surface area contributed by atoms with E-state index in [4.69, 9.17) is 15.2 Å². The molecule has 5 nitrogen and oxygen atoms in total. The zero-order valence-corrected chi connectivity index (χ0v) is 29.4. The van der Waals surface area contributed by atoms with E-state index in [1.165, 1.54) is 5.69 Å². The molecule has 1 aliphatic rings. The van der Waals surface area contributed by atoms with Gasteiger partial charge in [0.25, 0.3) is 0 Å². The van der Waals surface area contributed by atoms with Crippen molar-refractivity contribution in [1.82, 2.24) is 0 Å². The van der Waals surface area contributed by atoms with Crippen LogP contribution in [0, 0.1) is 0 Å². The number of methoxy groups -OCH3 is 2. The minimum absolute atomic E-state index is 0.238. The lowest BCUT2D eigenvalue weighted by atomic mass is 9.93. The average Bonchev–Trinajstić information content (AvgIpc) is 3.77. The normalized spacial score (nSPS) is 16.7. The van der Waals surface area contributed by atoms with Crippen molar-refractivity contribution in [2.24, 2.45) is 0 Å². The van der Waals surface area contributed by atoms with Crippen LogP contribution in [0.2, 0.25) is 0 Å². The Hall–Kier alpha value is -4.29. The second-order valence-corrected chi connectivity index (χ2v) is 16.4. The molecule has 238 valence electrons. The molecule has 0 saturated heterocycles. The highest BCUT2D eigenvalue weighted by atomic mass is 32.1. The summed E-state index contributed by atoms with van der Waals surface area (Å²) in [5, 5.41) is 2.58. The zero-order valence-electron chi connectivity index (χ0n) is 26.9. The van der Waals surface area contributed by atoms with Gasteiger partial charge in [-0.3, -0.25) is 0 Å².